The van der Waals surface area contributed by atoms with Gasteiger partial charge in [0.2, 0.25) is 5.88 Å². The topological polar surface area (TPSA) is 94.0 Å². The van der Waals surface area contributed by atoms with Crippen molar-refractivity contribution >= 4 is 17.4 Å². The van der Waals surface area contributed by atoms with Crippen LogP contribution in [0, 0.1) is 5.82 Å². The minimum absolute atomic E-state index is 0.0993. The van der Waals surface area contributed by atoms with Gasteiger partial charge in [-0.25, -0.2) is 19.2 Å². The number of anilines is 2. The monoisotopic (exact) mass is 472 g/mol. The average molecular weight is 472 g/mol. The summed E-state index contributed by atoms with van der Waals surface area (Å²) in [7, 11) is 1.77. The molecule has 2 aromatic carbocycles. The van der Waals surface area contributed by atoms with Crippen LogP contribution in [-0.2, 0) is 13.2 Å². The molecule has 0 aliphatic carbocycles. The Bertz CT molecular complexity index is 1320. The molecule has 0 fully saturated rings. The molecular formula is C22H16F4N6O2. The van der Waals surface area contributed by atoms with Crippen LogP contribution in [0.2, 0.25) is 0 Å². The predicted octanol–water partition coefficient (Wildman–Crippen LogP) is 5.47. The highest BCUT2D eigenvalue weighted by Crippen LogP contribution is 2.30. The zero-order valence-electron chi connectivity index (χ0n) is 17.5. The second kappa shape index (κ2) is 9.17. The van der Waals surface area contributed by atoms with Crippen molar-refractivity contribution in [2.75, 3.05) is 10.6 Å². The lowest BCUT2D eigenvalue weighted by molar-refractivity contribution is -0.137. The Balaban J connectivity index is 1.44. The number of hydrogen-bond donors (Lipinski definition) is 2. The number of ether oxygens (including phenoxy) is 1. The number of amides is 2. The standard InChI is InChI=1S/C22H16F4N6O2/c1-32-11-13(10-29-32)18-9-20(28-12-27-18)34-16-6-7-17(23)19(8-16)31-21(33)30-15-4-2-14(3-5-15)22(24,25)26/h2-12H,1H3,(H2,30,31,33). The van der Waals surface area contributed by atoms with Crippen LogP contribution in [0.1, 0.15) is 5.56 Å². The van der Waals surface area contributed by atoms with Gasteiger partial charge >= 0.3 is 12.2 Å². The number of carbonyl (C=O) groups excluding carboxylic acids is 1. The van der Waals surface area contributed by atoms with Crippen LogP contribution in [0.5, 0.6) is 11.6 Å². The molecule has 0 spiro atoms. The van der Waals surface area contributed by atoms with Crippen LogP contribution >= 0.6 is 0 Å². The highest BCUT2D eigenvalue weighted by atomic mass is 19.4. The van der Waals surface area contributed by atoms with E-state index in [9.17, 15) is 22.4 Å². The lowest BCUT2D eigenvalue weighted by Gasteiger charge is -2.12. The first-order valence-corrected chi connectivity index (χ1v) is 9.71. The van der Waals surface area contributed by atoms with Gasteiger partial charge in [-0.05, 0) is 36.4 Å². The van der Waals surface area contributed by atoms with Crippen LogP contribution in [0.25, 0.3) is 11.3 Å². The van der Waals surface area contributed by atoms with Crippen LogP contribution in [0.15, 0.2) is 67.3 Å². The third kappa shape index (κ3) is 5.46. The summed E-state index contributed by atoms with van der Waals surface area (Å²) in [6.45, 7) is 0. The Morgan fingerprint density at radius 3 is 2.47 bits per heavy atom. The zero-order chi connectivity index (χ0) is 24.3. The fraction of sp³-hybridized carbons (Fsp3) is 0.0909. The minimum Gasteiger partial charge on any atom is -0.439 e. The molecule has 2 amide bonds. The van der Waals surface area contributed by atoms with E-state index in [1.165, 1.54) is 18.5 Å². The number of urea groups is 1. The van der Waals surface area contributed by atoms with E-state index in [-0.39, 0.29) is 23.0 Å². The Morgan fingerprint density at radius 2 is 1.79 bits per heavy atom. The largest absolute Gasteiger partial charge is 0.439 e. The molecule has 0 atom stereocenters. The summed E-state index contributed by atoms with van der Waals surface area (Å²) in [5.41, 5.74) is 0.349. The number of aryl methyl sites for hydroxylation is 1. The molecule has 0 unspecified atom stereocenters. The third-order valence-corrected chi connectivity index (χ3v) is 4.52. The molecule has 0 saturated heterocycles. The molecule has 2 aromatic heterocycles. The van der Waals surface area contributed by atoms with Crippen molar-refractivity contribution in [2.24, 2.45) is 7.05 Å². The number of benzene rings is 2. The van der Waals surface area contributed by atoms with E-state index in [0.29, 0.717) is 5.69 Å². The molecule has 4 aromatic rings. The molecule has 12 heteroatoms. The number of carbonyl (C=O) groups is 1. The lowest BCUT2D eigenvalue weighted by Crippen LogP contribution is -2.20. The van der Waals surface area contributed by atoms with Crippen molar-refractivity contribution in [1.29, 1.82) is 0 Å². The smallest absolute Gasteiger partial charge is 0.416 e. The van der Waals surface area contributed by atoms with Crippen LogP contribution in [0.3, 0.4) is 0 Å². The van der Waals surface area contributed by atoms with Gasteiger partial charge in [-0.1, -0.05) is 0 Å². The molecule has 8 nitrogen and oxygen atoms in total. The van der Waals surface area contributed by atoms with Crippen molar-refractivity contribution in [1.82, 2.24) is 19.7 Å². The number of aromatic nitrogens is 4. The summed E-state index contributed by atoms with van der Waals surface area (Å²) in [4.78, 5) is 20.4. The summed E-state index contributed by atoms with van der Waals surface area (Å²) < 4.78 is 59.5. The van der Waals surface area contributed by atoms with E-state index >= 15 is 0 Å². The molecule has 2 N–H and O–H groups in total. The summed E-state index contributed by atoms with van der Waals surface area (Å²) in [5.74, 6) is -0.378. The molecule has 0 bridgehead atoms. The number of halogens is 4. The molecule has 0 radical (unpaired) electrons. The summed E-state index contributed by atoms with van der Waals surface area (Å²) >= 11 is 0. The number of alkyl halides is 3. The number of hydrogen-bond acceptors (Lipinski definition) is 5. The first-order chi connectivity index (χ1) is 16.2. The number of nitrogens with one attached hydrogen (secondary N) is 2. The highest BCUT2D eigenvalue weighted by molar-refractivity contribution is 5.99. The third-order valence-electron chi connectivity index (χ3n) is 4.52. The fourth-order valence-corrected chi connectivity index (χ4v) is 2.92. The summed E-state index contributed by atoms with van der Waals surface area (Å²) in [6.07, 6.45) is 0.202. The number of nitrogens with zero attached hydrogens (tertiary/aromatic N) is 4. The first kappa shape index (κ1) is 22.7. The first-order valence-electron chi connectivity index (χ1n) is 9.71. The van der Waals surface area contributed by atoms with E-state index in [1.807, 2.05) is 0 Å². The van der Waals surface area contributed by atoms with Crippen molar-refractivity contribution in [3.8, 4) is 22.9 Å². The van der Waals surface area contributed by atoms with Gasteiger partial charge in [0.05, 0.1) is 23.1 Å². The molecule has 2 heterocycles. The van der Waals surface area contributed by atoms with Gasteiger partial charge in [-0.3, -0.25) is 4.68 Å². The van der Waals surface area contributed by atoms with E-state index in [1.54, 1.807) is 30.2 Å². The maximum Gasteiger partial charge on any atom is 0.416 e. The quantitative estimate of drug-likeness (QED) is 0.376. The predicted molar refractivity (Wildman–Crippen MR) is 115 cm³/mol. The van der Waals surface area contributed by atoms with E-state index < -0.39 is 23.6 Å². The Hall–Kier alpha value is -4.48. The molecule has 0 aliphatic rings. The summed E-state index contributed by atoms with van der Waals surface area (Å²) in [6, 6.07) is 8.24. The van der Waals surface area contributed by atoms with Crippen LogP contribution < -0.4 is 15.4 Å². The maximum absolute atomic E-state index is 14.2. The van der Waals surface area contributed by atoms with E-state index in [4.69, 9.17) is 4.74 Å². The molecular weight excluding hydrogens is 456 g/mol. The Morgan fingerprint density at radius 1 is 1.03 bits per heavy atom. The van der Waals surface area contributed by atoms with Crippen LogP contribution in [-0.4, -0.2) is 25.8 Å². The van der Waals surface area contributed by atoms with Crippen LogP contribution in [0.4, 0.5) is 33.7 Å². The molecule has 0 saturated carbocycles. The van der Waals surface area contributed by atoms with Gasteiger partial charge in [0.15, 0.2) is 0 Å². The second-order valence-electron chi connectivity index (χ2n) is 7.04. The second-order valence-corrected chi connectivity index (χ2v) is 7.04. The molecule has 4 rings (SSSR count). The highest BCUT2D eigenvalue weighted by Gasteiger charge is 2.30. The van der Waals surface area contributed by atoms with E-state index in [0.717, 1.165) is 35.9 Å². The SMILES string of the molecule is Cn1cc(-c2cc(Oc3ccc(F)c(NC(=O)Nc4ccc(C(F)(F)F)cc4)c3)ncn2)cn1. The van der Waals surface area contributed by atoms with Crippen molar-refractivity contribution in [3.63, 3.8) is 0 Å². The van der Waals surface area contributed by atoms with Crippen molar-refractivity contribution in [3.05, 3.63) is 78.6 Å². The minimum atomic E-state index is -4.49. The lowest BCUT2D eigenvalue weighted by atomic mass is 10.2. The van der Waals surface area contributed by atoms with Gasteiger partial charge < -0.3 is 15.4 Å². The fourth-order valence-electron chi connectivity index (χ4n) is 2.92. The van der Waals surface area contributed by atoms with E-state index in [2.05, 4.69) is 25.7 Å². The summed E-state index contributed by atoms with van der Waals surface area (Å²) in [5, 5.41) is 8.72. The van der Waals surface area contributed by atoms with Gasteiger partial charge in [-0.15, -0.1) is 0 Å². The molecule has 174 valence electrons. The molecule has 34 heavy (non-hydrogen) atoms. The van der Waals surface area contributed by atoms with Crippen molar-refractivity contribution in [2.45, 2.75) is 6.18 Å². The number of rotatable bonds is 5. The van der Waals surface area contributed by atoms with Gasteiger partial charge in [-0.2, -0.15) is 18.3 Å². The van der Waals surface area contributed by atoms with Gasteiger partial charge in [0, 0.05) is 36.6 Å². The Labute approximate surface area is 190 Å². The van der Waals surface area contributed by atoms with Gasteiger partial charge in [0.1, 0.15) is 17.9 Å². The zero-order valence-corrected chi connectivity index (χ0v) is 17.5. The average Bonchev–Trinajstić information content (AvgIpc) is 3.22. The maximum atomic E-state index is 14.2. The van der Waals surface area contributed by atoms with Gasteiger partial charge in [0.25, 0.3) is 0 Å². The Kier molecular flexibility index (Phi) is 6.13. The normalized spacial score (nSPS) is 11.2. The molecule has 0 aliphatic heterocycles. The van der Waals surface area contributed by atoms with Crippen molar-refractivity contribution < 1.29 is 27.1 Å².